The number of hydrogen-bond donors (Lipinski definition) is 2. The predicted octanol–water partition coefficient (Wildman–Crippen LogP) is 11.7. The van der Waals surface area contributed by atoms with Gasteiger partial charge < -0.3 is 15.2 Å². The third-order valence-electron chi connectivity index (χ3n) is 8.53. The lowest BCUT2D eigenvalue weighted by molar-refractivity contribution is -0.150. The molecule has 0 heterocycles. The van der Waals surface area contributed by atoms with Crippen molar-refractivity contribution in [2.45, 2.75) is 200 Å². The quantitative estimate of drug-likeness (QED) is 0.0401. The Morgan fingerprint density at radius 2 is 1.00 bits per heavy atom. The van der Waals surface area contributed by atoms with Gasteiger partial charge in [-0.3, -0.25) is 14.4 Å². The third-order valence-corrected chi connectivity index (χ3v) is 8.53. The summed E-state index contributed by atoms with van der Waals surface area (Å²) in [6.45, 7) is 4.18. The number of carbonyl (C=O) groups is 3. The fourth-order valence-corrected chi connectivity index (χ4v) is 5.60. The van der Waals surface area contributed by atoms with Crippen molar-refractivity contribution in [1.82, 2.24) is 5.32 Å². The number of hydrogen-bond acceptors (Lipinski definition) is 4. The number of unbranched alkanes of at least 4 members (excludes halogenated alkanes) is 18. The van der Waals surface area contributed by atoms with E-state index in [2.05, 4.69) is 55.6 Å². The standard InChI is InChI=1S/C41H73NO5/c1-3-5-7-9-11-13-15-17-18-20-22-25-29-33-38(34-30-26-24-27-31-35-39(43)42-37-40(44)45)47-41(46)36-32-28-23-21-19-16-14-12-10-8-6-4-2/h12,14-15,17,20,22,38H,3-11,13,16,18-19,21,23-37H2,1-2H3,(H,42,43)(H,44,45)/b14-12-,17-15-,22-20-. The molecule has 0 rings (SSSR count). The van der Waals surface area contributed by atoms with Crippen LogP contribution in [0.5, 0.6) is 0 Å². The number of allylic oxidation sites excluding steroid dienone is 6. The fraction of sp³-hybridized carbons (Fsp3) is 0.780. The normalized spacial score (nSPS) is 12.4. The molecular formula is C41H73NO5. The molecule has 0 aromatic carbocycles. The average Bonchev–Trinajstić information content (AvgIpc) is 3.05. The van der Waals surface area contributed by atoms with Crippen molar-refractivity contribution in [3.8, 4) is 0 Å². The summed E-state index contributed by atoms with van der Waals surface area (Å²) in [7, 11) is 0. The molecule has 0 saturated carbocycles. The number of carboxylic acid groups (broad SMARTS) is 1. The average molecular weight is 660 g/mol. The van der Waals surface area contributed by atoms with Crippen LogP contribution in [0.4, 0.5) is 0 Å². The summed E-state index contributed by atoms with van der Waals surface area (Å²) in [6, 6.07) is 0. The number of esters is 1. The Bertz CT molecular complexity index is 819. The SMILES string of the molecule is CCCCC/C=C\CCCCCCCC(=O)OC(CCC/C=C\C/C=C\CCCCCCC)CCCCCCCC(=O)NCC(=O)O. The van der Waals surface area contributed by atoms with Crippen molar-refractivity contribution in [2.75, 3.05) is 6.54 Å². The van der Waals surface area contributed by atoms with Crippen molar-refractivity contribution < 1.29 is 24.2 Å². The van der Waals surface area contributed by atoms with Gasteiger partial charge in [0.1, 0.15) is 12.6 Å². The van der Waals surface area contributed by atoms with Gasteiger partial charge >= 0.3 is 11.9 Å². The van der Waals surface area contributed by atoms with E-state index in [1.165, 1.54) is 89.9 Å². The van der Waals surface area contributed by atoms with E-state index in [0.717, 1.165) is 77.0 Å². The second kappa shape index (κ2) is 36.5. The van der Waals surface area contributed by atoms with Gasteiger partial charge in [0.15, 0.2) is 0 Å². The van der Waals surface area contributed by atoms with Crippen LogP contribution in [0.25, 0.3) is 0 Å². The first kappa shape index (κ1) is 44.6. The first-order valence-electron chi connectivity index (χ1n) is 19.6. The smallest absolute Gasteiger partial charge is 0.322 e. The lowest BCUT2D eigenvalue weighted by atomic mass is 10.0. The van der Waals surface area contributed by atoms with Crippen LogP contribution in [0.15, 0.2) is 36.5 Å². The van der Waals surface area contributed by atoms with E-state index in [-0.39, 0.29) is 24.5 Å². The number of ether oxygens (including phenoxy) is 1. The highest BCUT2D eigenvalue weighted by atomic mass is 16.5. The molecule has 0 bridgehead atoms. The minimum Gasteiger partial charge on any atom is -0.480 e. The number of rotatable bonds is 35. The van der Waals surface area contributed by atoms with Gasteiger partial charge in [0.05, 0.1) is 0 Å². The topological polar surface area (TPSA) is 92.7 Å². The molecule has 0 fully saturated rings. The molecule has 1 atom stereocenters. The number of aliphatic carboxylic acids is 1. The number of carbonyl (C=O) groups excluding carboxylic acids is 2. The summed E-state index contributed by atoms with van der Waals surface area (Å²) in [5.41, 5.74) is 0. The summed E-state index contributed by atoms with van der Waals surface area (Å²) in [5, 5.41) is 11.1. The molecular weight excluding hydrogens is 586 g/mol. The first-order chi connectivity index (χ1) is 23.0. The highest BCUT2D eigenvalue weighted by molar-refractivity contribution is 5.80. The fourth-order valence-electron chi connectivity index (χ4n) is 5.60. The Kier molecular flexibility index (Phi) is 34.6. The molecule has 47 heavy (non-hydrogen) atoms. The lowest BCUT2D eigenvalue weighted by Gasteiger charge is -2.18. The maximum absolute atomic E-state index is 12.7. The van der Waals surface area contributed by atoms with Crippen LogP contribution < -0.4 is 5.32 Å². The Morgan fingerprint density at radius 3 is 1.62 bits per heavy atom. The number of carboxylic acids is 1. The van der Waals surface area contributed by atoms with Gasteiger partial charge in [-0.25, -0.2) is 0 Å². The molecule has 0 aliphatic rings. The van der Waals surface area contributed by atoms with Crippen LogP contribution >= 0.6 is 0 Å². The molecule has 0 aliphatic carbocycles. The zero-order valence-electron chi connectivity index (χ0n) is 30.6. The van der Waals surface area contributed by atoms with Crippen LogP contribution in [0.3, 0.4) is 0 Å². The van der Waals surface area contributed by atoms with Gasteiger partial charge in [0.25, 0.3) is 0 Å². The lowest BCUT2D eigenvalue weighted by Crippen LogP contribution is -2.28. The van der Waals surface area contributed by atoms with Crippen LogP contribution in [-0.2, 0) is 19.1 Å². The van der Waals surface area contributed by atoms with Crippen molar-refractivity contribution >= 4 is 17.8 Å². The van der Waals surface area contributed by atoms with E-state index >= 15 is 0 Å². The van der Waals surface area contributed by atoms with Crippen LogP contribution in [-0.4, -0.2) is 35.6 Å². The maximum Gasteiger partial charge on any atom is 0.322 e. The highest BCUT2D eigenvalue weighted by Gasteiger charge is 2.14. The molecule has 0 aliphatic heterocycles. The largest absolute Gasteiger partial charge is 0.480 e. The van der Waals surface area contributed by atoms with Gasteiger partial charge in [-0.1, -0.05) is 127 Å². The van der Waals surface area contributed by atoms with Gasteiger partial charge in [0.2, 0.25) is 5.91 Å². The molecule has 0 spiro atoms. The molecule has 6 heteroatoms. The zero-order chi connectivity index (χ0) is 34.5. The van der Waals surface area contributed by atoms with E-state index in [1.807, 2.05) is 0 Å². The first-order valence-corrected chi connectivity index (χ1v) is 19.6. The summed E-state index contributed by atoms with van der Waals surface area (Å²) < 4.78 is 5.98. The second-order valence-corrected chi connectivity index (χ2v) is 13.2. The van der Waals surface area contributed by atoms with Gasteiger partial charge in [0, 0.05) is 12.8 Å². The van der Waals surface area contributed by atoms with E-state index in [0.29, 0.717) is 12.8 Å². The van der Waals surface area contributed by atoms with E-state index < -0.39 is 5.97 Å². The second-order valence-electron chi connectivity index (χ2n) is 13.2. The van der Waals surface area contributed by atoms with Gasteiger partial charge in [-0.15, -0.1) is 0 Å². The molecule has 2 N–H and O–H groups in total. The monoisotopic (exact) mass is 660 g/mol. The van der Waals surface area contributed by atoms with Gasteiger partial charge in [-0.05, 0) is 89.9 Å². The third kappa shape index (κ3) is 36.3. The maximum atomic E-state index is 12.7. The Morgan fingerprint density at radius 1 is 0.553 bits per heavy atom. The summed E-state index contributed by atoms with van der Waals surface area (Å²) in [6.07, 6.45) is 44.0. The molecule has 0 aromatic heterocycles. The van der Waals surface area contributed by atoms with Crippen molar-refractivity contribution in [2.24, 2.45) is 0 Å². The minimum atomic E-state index is -1.02. The molecule has 0 radical (unpaired) electrons. The molecule has 0 saturated heterocycles. The van der Waals surface area contributed by atoms with Crippen molar-refractivity contribution in [3.05, 3.63) is 36.5 Å². The summed E-state index contributed by atoms with van der Waals surface area (Å²) in [5.74, 6) is -1.27. The Hall–Kier alpha value is -2.37. The van der Waals surface area contributed by atoms with Crippen LogP contribution in [0, 0.1) is 0 Å². The van der Waals surface area contributed by atoms with Crippen LogP contribution in [0.2, 0.25) is 0 Å². The molecule has 1 unspecified atom stereocenters. The van der Waals surface area contributed by atoms with Crippen molar-refractivity contribution in [3.63, 3.8) is 0 Å². The number of nitrogens with one attached hydrogen (secondary N) is 1. The summed E-state index contributed by atoms with van der Waals surface area (Å²) in [4.78, 5) is 34.9. The predicted molar refractivity (Wildman–Crippen MR) is 199 cm³/mol. The Labute approximate surface area is 289 Å². The van der Waals surface area contributed by atoms with Crippen molar-refractivity contribution in [1.29, 1.82) is 0 Å². The highest BCUT2D eigenvalue weighted by Crippen LogP contribution is 2.17. The molecule has 0 aromatic rings. The van der Waals surface area contributed by atoms with E-state index in [1.54, 1.807) is 0 Å². The van der Waals surface area contributed by atoms with E-state index in [4.69, 9.17) is 9.84 Å². The Balaban J connectivity index is 4.29. The number of amides is 1. The van der Waals surface area contributed by atoms with Gasteiger partial charge in [-0.2, -0.15) is 0 Å². The summed E-state index contributed by atoms with van der Waals surface area (Å²) >= 11 is 0. The van der Waals surface area contributed by atoms with Crippen LogP contribution in [0.1, 0.15) is 194 Å². The molecule has 272 valence electrons. The molecule has 6 nitrogen and oxygen atoms in total. The zero-order valence-corrected chi connectivity index (χ0v) is 30.6. The minimum absolute atomic E-state index is 0.0191. The molecule has 1 amide bonds. The van der Waals surface area contributed by atoms with E-state index in [9.17, 15) is 14.4 Å².